The van der Waals surface area contributed by atoms with E-state index >= 15 is 0 Å². The number of anilines is 1. The van der Waals surface area contributed by atoms with Gasteiger partial charge in [-0.3, -0.25) is 0 Å². The van der Waals surface area contributed by atoms with Crippen molar-refractivity contribution in [3.8, 4) is 10.6 Å². The fraction of sp³-hybridized carbons (Fsp3) is 0.235. The molecule has 2 heterocycles. The second-order valence-electron chi connectivity index (χ2n) is 5.15. The summed E-state index contributed by atoms with van der Waals surface area (Å²) in [5, 5.41) is 6.57. The average molecular weight is 298 g/mol. The van der Waals surface area contributed by atoms with Gasteiger partial charge in [-0.25, -0.2) is 4.98 Å². The topological polar surface area (TPSA) is 38.1 Å². The summed E-state index contributed by atoms with van der Waals surface area (Å²) in [4.78, 5) is 4.36. The highest BCUT2D eigenvalue weighted by Gasteiger charge is 2.13. The monoisotopic (exact) mass is 298 g/mol. The summed E-state index contributed by atoms with van der Waals surface area (Å²) >= 11 is 1.65. The van der Waals surface area contributed by atoms with Gasteiger partial charge in [0.05, 0.1) is 6.04 Å². The second-order valence-corrected chi connectivity index (χ2v) is 6.05. The number of nitrogens with one attached hydrogen (secondary N) is 1. The first-order valence-electron chi connectivity index (χ1n) is 6.97. The van der Waals surface area contributed by atoms with Crippen LogP contribution in [0, 0.1) is 13.8 Å². The third-order valence-corrected chi connectivity index (χ3v) is 4.29. The van der Waals surface area contributed by atoms with Gasteiger partial charge in [-0.1, -0.05) is 12.1 Å². The first-order chi connectivity index (χ1) is 10.1. The lowest BCUT2D eigenvalue weighted by Crippen LogP contribution is -2.06. The molecule has 3 nitrogen and oxygen atoms in total. The minimum Gasteiger partial charge on any atom is -0.466 e. The normalized spacial score (nSPS) is 12.3. The van der Waals surface area contributed by atoms with Crippen molar-refractivity contribution in [1.82, 2.24) is 4.98 Å². The molecule has 1 aromatic carbocycles. The molecule has 108 valence electrons. The number of rotatable bonds is 4. The maximum Gasteiger partial charge on any atom is 0.123 e. The van der Waals surface area contributed by atoms with Crippen LogP contribution >= 0.6 is 11.3 Å². The number of furan rings is 1. The highest BCUT2D eigenvalue weighted by atomic mass is 32.1. The number of aromatic nitrogens is 1. The van der Waals surface area contributed by atoms with E-state index in [0.29, 0.717) is 0 Å². The second kappa shape index (κ2) is 5.74. The molecule has 1 unspecified atom stereocenters. The minimum absolute atomic E-state index is 0.203. The van der Waals surface area contributed by atoms with Gasteiger partial charge in [-0.05, 0) is 39.0 Å². The number of benzene rings is 1. The predicted octanol–water partition coefficient (Wildman–Crippen LogP) is 5.19. The molecule has 0 aliphatic rings. The maximum atomic E-state index is 5.61. The Morgan fingerprint density at radius 3 is 2.76 bits per heavy atom. The van der Waals surface area contributed by atoms with Gasteiger partial charge in [0, 0.05) is 28.4 Å². The molecule has 4 heteroatoms. The van der Waals surface area contributed by atoms with E-state index in [1.807, 2.05) is 25.4 Å². The lowest BCUT2D eigenvalue weighted by atomic mass is 10.1. The fourth-order valence-corrected chi connectivity index (χ4v) is 3.15. The Balaban J connectivity index is 1.82. The molecule has 3 aromatic rings. The first kappa shape index (κ1) is 13.9. The van der Waals surface area contributed by atoms with Crippen molar-refractivity contribution < 1.29 is 4.42 Å². The smallest absolute Gasteiger partial charge is 0.123 e. The molecule has 0 amide bonds. The molecule has 1 N–H and O–H groups in total. The molecule has 0 aliphatic carbocycles. The zero-order valence-electron chi connectivity index (χ0n) is 12.4. The summed E-state index contributed by atoms with van der Waals surface area (Å²) in [6.07, 6.45) is 1.83. The molecule has 0 fully saturated rings. The largest absolute Gasteiger partial charge is 0.466 e. The molecule has 2 aromatic heterocycles. The van der Waals surface area contributed by atoms with Crippen LogP contribution < -0.4 is 5.32 Å². The number of hydrogen-bond acceptors (Lipinski definition) is 4. The van der Waals surface area contributed by atoms with Crippen LogP contribution in [-0.4, -0.2) is 4.98 Å². The van der Waals surface area contributed by atoms with Crippen molar-refractivity contribution in [2.24, 2.45) is 0 Å². The SMILES string of the molecule is Cc1cc(C(C)Nc2cccc(-c3nccs3)c2)c(C)o1. The zero-order valence-corrected chi connectivity index (χ0v) is 13.2. The van der Waals surface area contributed by atoms with Gasteiger partial charge < -0.3 is 9.73 Å². The van der Waals surface area contributed by atoms with Gasteiger partial charge in [0.1, 0.15) is 16.5 Å². The number of hydrogen-bond donors (Lipinski definition) is 1. The Bertz CT molecular complexity index is 731. The van der Waals surface area contributed by atoms with Gasteiger partial charge >= 0.3 is 0 Å². The number of nitrogens with zero attached hydrogens (tertiary/aromatic N) is 1. The first-order valence-corrected chi connectivity index (χ1v) is 7.85. The van der Waals surface area contributed by atoms with E-state index in [1.54, 1.807) is 11.3 Å². The van der Waals surface area contributed by atoms with E-state index in [4.69, 9.17) is 4.42 Å². The Labute approximate surface area is 128 Å². The summed E-state index contributed by atoms with van der Waals surface area (Å²) in [7, 11) is 0. The van der Waals surface area contributed by atoms with Crippen LogP contribution in [0.25, 0.3) is 10.6 Å². The molecule has 0 radical (unpaired) electrons. The lowest BCUT2D eigenvalue weighted by Gasteiger charge is -2.15. The Kier molecular flexibility index (Phi) is 3.80. The predicted molar refractivity (Wildman–Crippen MR) is 87.8 cm³/mol. The highest BCUT2D eigenvalue weighted by molar-refractivity contribution is 7.13. The van der Waals surface area contributed by atoms with Gasteiger partial charge in [0.2, 0.25) is 0 Å². The highest BCUT2D eigenvalue weighted by Crippen LogP contribution is 2.28. The number of aryl methyl sites for hydroxylation is 2. The molecular formula is C17H18N2OS. The summed E-state index contributed by atoms with van der Waals surface area (Å²) in [5.41, 5.74) is 3.43. The molecule has 3 rings (SSSR count). The van der Waals surface area contributed by atoms with E-state index in [9.17, 15) is 0 Å². The molecule has 0 spiro atoms. The molecular weight excluding hydrogens is 280 g/mol. The standard InChI is InChI=1S/C17H18N2OS/c1-11-9-16(13(3)20-11)12(2)19-15-6-4-5-14(10-15)17-18-7-8-21-17/h4-10,12,19H,1-3H3. The summed E-state index contributed by atoms with van der Waals surface area (Å²) in [6.45, 7) is 6.13. The summed E-state index contributed by atoms with van der Waals surface area (Å²) in [6, 6.07) is 10.7. The van der Waals surface area contributed by atoms with Crippen molar-refractivity contribution >= 4 is 17.0 Å². The van der Waals surface area contributed by atoms with Crippen molar-refractivity contribution in [2.75, 3.05) is 5.32 Å². The van der Waals surface area contributed by atoms with Crippen molar-refractivity contribution in [3.05, 3.63) is 59.0 Å². The van der Waals surface area contributed by atoms with E-state index < -0.39 is 0 Å². The van der Waals surface area contributed by atoms with Gasteiger partial charge in [0.15, 0.2) is 0 Å². The third-order valence-electron chi connectivity index (χ3n) is 3.47. The van der Waals surface area contributed by atoms with Crippen LogP contribution in [0.5, 0.6) is 0 Å². The molecule has 1 atom stereocenters. The zero-order chi connectivity index (χ0) is 14.8. The Hall–Kier alpha value is -2.07. The number of thiazole rings is 1. The fourth-order valence-electron chi connectivity index (χ4n) is 2.52. The molecule has 0 bridgehead atoms. The molecule has 0 aliphatic heterocycles. The van der Waals surface area contributed by atoms with Crippen LogP contribution in [0.15, 0.2) is 46.3 Å². The van der Waals surface area contributed by atoms with Gasteiger partial charge in [-0.2, -0.15) is 0 Å². The van der Waals surface area contributed by atoms with Crippen LogP contribution in [0.4, 0.5) is 5.69 Å². The van der Waals surface area contributed by atoms with Gasteiger partial charge in [0.25, 0.3) is 0 Å². The quantitative estimate of drug-likeness (QED) is 0.720. The maximum absolute atomic E-state index is 5.61. The van der Waals surface area contributed by atoms with Crippen LogP contribution in [-0.2, 0) is 0 Å². The van der Waals surface area contributed by atoms with Crippen molar-refractivity contribution in [1.29, 1.82) is 0 Å². The lowest BCUT2D eigenvalue weighted by molar-refractivity contribution is 0.500. The van der Waals surface area contributed by atoms with Crippen LogP contribution in [0.3, 0.4) is 0 Å². The minimum atomic E-state index is 0.203. The van der Waals surface area contributed by atoms with Crippen molar-refractivity contribution in [2.45, 2.75) is 26.8 Å². The molecule has 0 saturated carbocycles. The van der Waals surface area contributed by atoms with Gasteiger partial charge in [-0.15, -0.1) is 11.3 Å². The summed E-state index contributed by atoms with van der Waals surface area (Å²) < 4.78 is 5.61. The van der Waals surface area contributed by atoms with Crippen LogP contribution in [0.2, 0.25) is 0 Å². The Morgan fingerprint density at radius 1 is 1.24 bits per heavy atom. The van der Waals surface area contributed by atoms with E-state index in [0.717, 1.165) is 27.8 Å². The summed E-state index contributed by atoms with van der Waals surface area (Å²) in [5.74, 6) is 1.93. The van der Waals surface area contributed by atoms with E-state index in [1.165, 1.54) is 5.56 Å². The third kappa shape index (κ3) is 3.00. The van der Waals surface area contributed by atoms with E-state index in [-0.39, 0.29) is 6.04 Å². The van der Waals surface area contributed by atoms with E-state index in [2.05, 4.69) is 47.6 Å². The molecule has 21 heavy (non-hydrogen) atoms. The average Bonchev–Trinajstić information content (AvgIpc) is 3.08. The Morgan fingerprint density at radius 2 is 2.10 bits per heavy atom. The van der Waals surface area contributed by atoms with Crippen LogP contribution in [0.1, 0.15) is 30.0 Å². The van der Waals surface area contributed by atoms with Crippen molar-refractivity contribution in [3.63, 3.8) is 0 Å². The molecule has 0 saturated heterocycles.